The summed E-state index contributed by atoms with van der Waals surface area (Å²) in [6.45, 7) is 8.77. The van der Waals surface area contributed by atoms with Gasteiger partial charge in [0.25, 0.3) is 0 Å². The molecule has 5 heteroatoms. The summed E-state index contributed by atoms with van der Waals surface area (Å²) in [5, 5.41) is 4.85. The molecule has 0 bridgehead atoms. The van der Waals surface area contributed by atoms with Crippen LogP contribution in [0.25, 0.3) is 10.9 Å². The first-order valence-corrected chi connectivity index (χ1v) is 9.97. The summed E-state index contributed by atoms with van der Waals surface area (Å²) < 4.78 is 0. The van der Waals surface area contributed by atoms with Gasteiger partial charge in [-0.1, -0.05) is 30.3 Å². The van der Waals surface area contributed by atoms with Gasteiger partial charge in [0.05, 0.1) is 0 Å². The molecule has 2 N–H and O–H groups in total. The monoisotopic (exact) mass is 376 g/mol. The number of fused-ring (bicyclic) bond motifs is 1. The van der Waals surface area contributed by atoms with Gasteiger partial charge >= 0.3 is 0 Å². The van der Waals surface area contributed by atoms with Gasteiger partial charge in [-0.15, -0.1) is 0 Å². The summed E-state index contributed by atoms with van der Waals surface area (Å²) in [4.78, 5) is 19.3. The molecule has 1 aromatic heterocycles. The predicted molar refractivity (Wildman–Crippen MR) is 114 cm³/mol. The smallest absolute Gasteiger partial charge is 0.219 e. The molecule has 1 amide bonds. The summed E-state index contributed by atoms with van der Waals surface area (Å²) >= 11 is 0. The number of piperazine rings is 1. The van der Waals surface area contributed by atoms with Crippen molar-refractivity contribution in [1.29, 1.82) is 0 Å². The quantitative estimate of drug-likeness (QED) is 0.717. The maximum atomic E-state index is 11.6. The highest BCUT2D eigenvalue weighted by molar-refractivity contribution is 5.81. The van der Waals surface area contributed by atoms with Crippen LogP contribution in [0.4, 0.5) is 5.69 Å². The molecule has 0 aliphatic carbocycles. The van der Waals surface area contributed by atoms with Crippen LogP contribution in [0.2, 0.25) is 0 Å². The number of aryl methyl sites for hydroxylation is 1. The number of para-hydroxylation sites is 1. The molecule has 2 aromatic carbocycles. The minimum atomic E-state index is 0.170. The van der Waals surface area contributed by atoms with Crippen molar-refractivity contribution < 1.29 is 4.79 Å². The molecule has 1 fully saturated rings. The van der Waals surface area contributed by atoms with E-state index >= 15 is 0 Å². The van der Waals surface area contributed by atoms with Crippen LogP contribution in [0.1, 0.15) is 23.7 Å². The number of H-pyrrole nitrogens is 1. The molecule has 3 aromatic rings. The zero-order valence-electron chi connectivity index (χ0n) is 16.7. The van der Waals surface area contributed by atoms with Crippen LogP contribution >= 0.6 is 0 Å². The topological polar surface area (TPSA) is 51.4 Å². The maximum Gasteiger partial charge on any atom is 0.219 e. The average Bonchev–Trinajstić information content (AvgIpc) is 3.08. The third kappa shape index (κ3) is 4.04. The van der Waals surface area contributed by atoms with E-state index in [4.69, 9.17) is 0 Å². The van der Waals surface area contributed by atoms with E-state index in [1.807, 2.05) is 4.90 Å². The largest absolute Gasteiger partial charge is 0.368 e. The normalized spacial score (nSPS) is 14.6. The summed E-state index contributed by atoms with van der Waals surface area (Å²) in [6.07, 6.45) is 0. The van der Waals surface area contributed by atoms with Gasteiger partial charge in [-0.05, 0) is 41.6 Å². The van der Waals surface area contributed by atoms with Crippen LogP contribution in [0.15, 0.2) is 48.5 Å². The third-order valence-electron chi connectivity index (χ3n) is 5.52. The van der Waals surface area contributed by atoms with Gasteiger partial charge in [0.1, 0.15) is 0 Å². The summed E-state index contributed by atoms with van der Waals surface area (Å²) in [5.74, 6) is 0.170. The number of aromatic amines is 1. The highest BCUT2D eigenvalue weighted by Gasteiger charge is 2.20. The number of amides is 1. The fourth-order valence-electron chi connectivity index (χ4n) is 4.00. The Labute approximate surface area is 166 Å². The molecule has 28 heavy (non-hydrogen) atoms. The summed E-state index contributed by atoms with van der Waals surface area (Å²) in [6, 6.07) is 17.3. The SMILES string of the molecule is CC(=O)N1CCN(c2ccccc2CNCc2ccc3cc(C)[nH]c3c2)CC1. The second kappa shape index (κ2) is 8.07. The van der Waals surface area contributed by atoms with Crippen LogP contribution in [0, 0.1) is 6.92 Å². The first-order valence-electron chi connectivity index (χ1n) is 9.97. The Hall–Kier alpha value is -2.79. The second-order valence-corrected chi connectivity index (χ2v) is 7.60. The minimum Gasteiger partial charge on any atom is -0.368 e. The van der Waals surface area contributed by atoms with Gasteiger partial charge in [0, 0.05) is 63.1 Å². The van der Waals surface area contributed by atoms with Gasteiger partial charge in [-0.3, -0.25) is 4.79 Å². The summed E-state index contributed by atoms with van der Waals surface area (Å²) in [7, 11) is 0. The van der Waals surface area contributed by atoms with Crippen LogP contribution in [0.3, 0.4) is 0 Å². The summed E-state index contributed by atoms with van der Waals surface area (Å²) in [5.41, 5.74) is 6.24. The fraction of sp³-hybridized carbons (Fsp3) is 0.348. The molecule has 2 heterocycles. The van der Waals surface area contributed by atoms with E-state index in [9.17, 15) is 4.79 Å². The number of nitrogens with one attached hydrogen (secondary N) is 2. The third-order valence-corrected chi connectivity index (χ3v) is 5.52. The zero-order valence-corrected chi connectivity index (χ0v) is 16.7. The molecular weight excluding hydrogens is 348 g/mol. The molecule has 1 saturated heterocycles. The predicted octanol–water partition coefficient (Wildman–Crippen LogP) is 3.43. The molecule has 0 atom stereocenters. The molecule has 1 aliphatic heterocycles. The molecule has 0 saturated carbocycles. The van der Waals surface area contributed by atoms with E-state index < -0.39 is 0 Å². The van der Waals surface area contributed by atoms with Crippen molar-refractivity contribution in [1.82, 2.24) is 15.2 Å². The van der Waals surface area contributed by atoms with Crippen LogP contribution in [-0.2, 0) is 17.9 Å². The van der Waals surface area contributed by atoms with Crippen molar-refractivity contribution in [2.75, 3.05) is 31.1 Å². The molecule has 4 rings (SSSR count). The number of rotatable bonds is 5. The molecule has 1 aliphatic rings. The van der Waals surface area contributed by atoms with E-state index in [2.05, 4.69) is 70.7 Å². The maximum absolute atomic E-state index is 11.6. The first-order chi connectivity index (χ1) is 13.6. The second-order valence-electron chi connectivity index (χ2n) is 7.60. The van der Waals surface area contributed by atoms with Gasteiger partial charge in [0.15, 0.2) is 0 Å². The highest BCUT2D eigenvalue weighted by atomic mass is 16.2. The van der Waals surface area contributed by atoms with Crippen molar-refractivity contribution in [3.05, 3.63) is 65.4 Å². The molecule has 0 radical (unpaired) electrons. The van der Waals surface area contributed by atoms with Crippen molar-refractivity contribution in [3.63, 3.8) is 0 Å². The van der Waals surface area contributed by atoms with Crippen molar-refractivity contribution in [3.8, 4) is 0 Å². The van der Waals surface area contributed by atoms with E-state index in [1.54, 1.807) is 6.92 Å². The number of hydrogen-bond acceptors (Lipinski definition) is 3. The molecule has 146 valence electrons. The van der Waals surface area contributed by atoms with E-state index in [0.29, 0.717) is 0 Å². The lowest BCUT2D eigenvalue weighted by atomic mass is 10.1. The molecule has 0 unspecified atom stereocenters. The van der Waals surface area contributed by atoms with E-state index in [0.717, 1.165) is 39.3 Å². The Bertz CT molecular complexity index is 970. The van der Waals surface area contributed by atoms with Crippen LogP contribution in [0.5, 0.6) is 0 Å². The lowest BCUT2D eigenvalue weighted by Crippen LogP contribution is -2.48. The molecule has 5 nitrogen and oxygen atoms in total. The zero-order chi connectivity index (χ0) is 19.5. The van der Waals surface area contributed by atoms with Gasteiger partial charge in [-0.25, -0.2) is 0 Å². The Morgan fingerprint density at radius 2 is 1.82 bits per heavy atom. The van der Waals surface area contributed by atoms with Crippen molar-refractivity contribution in [2.24, 2.45) is 0 Å². The Morgan fingerprint density at radius 1 is 1.04 bits per heavy atom. The van der Waals surface area contributed by atoms with Crippen LogP contribution in [-0.4, -0.2) is 42.0 Å². The lowest BCUT2D eigenvalue weighted by Gasteiger charge is -2.36. The van der Waals surface area contributed by atoms with Gasteiger partial charge < -0.3 is 20.1 Å². The highest BCUT2D eigenvalue weighted by Crippen LogP contribution is 2.22. The standard InChI is InChI=1S/C23H28N4O/c1-17-13-20-8-7-19(14-22(20)25-17)15-24-16-21-5-3-4-6-23(21)27-11-9-26(10-12-27)18(2)28/h3-8,13-14,24-25H,9-12,15-16H2,1-2H3. The van der Waals surface area contributed by atoms with Crippen molar-refractivity contribution in [2.45, 2.75) is 26.9 Å². The van der Waals surface area contributed by atoms with E-state index in [1.165, 1.54) is 33.4 Å². The minimum absolute atomic E-state index is 0.170. The first kappa shape index (κ1) is 18.6. The number of benzene rings is 2. The number of aromatic nitrogens is 1. The fourth-order valence-corrected chi connectivity index (χ4v) is 4.00. The van der Waals surface area contributed by atoms with Gasteiger partial charge in [-0.2, -0.15) is 0 Å². The number of carbonyl (C=O) groups is 1. The Balaban J connectivity index is 1.39. The van der Waals surface area contributed by atoms with Gasteiger partial charge in [0.2, 0.25) is 5.91 Å². The van der Waals surface area contributed by atoms with E-state index in [-0.39, 0.29) is 5.91 Å². The lowest BCUT2D eigenvalue weighted by molar-refractivity contribution is -0.129. The Kier molecular flexibility index (Phi) is 5.35. The number of nitrogens with zero attached hydrogens (tertiary/aromatic N) is 2. The Morgan fingerprint density at radius 3 is 2.61 bits per heavy atom. The number of anilines is 1. The van der Waals surface area contributed by atoms with Crippen molar-refractivity contribution >= 4 is 22.5 Å². The number of hydrogen-bond donors (Lipinski definition) is 2. The molecular formula is C23H28N4O. The van der Waals surface area contributed by atoms with Crippen LogP contribution < -0.4 is 10.2 Å². The molecule has 0 spiro atoms. The average molecular weight is 377 g/mol. The number of carbonyl (C=O) groups excluding carboxylic acids is 1.